The minimum Gasteiger partial charge on any atom is -0.462 e. The van der Waals surface area contributed by atoms with Crippen LogP contribution in [-0.4, -0.2) is 37.2 Å². The van der Waals surface area contributed by atoms with E-state index in [1.807, 2.05) is 0 Å². The predicted molar refractivity (Wildman–Crippen MR) is 339 cm³/mol. The van der Waals surface area contributed by atoms with Crippen LogP contribution in [0.15, 0.2) is 85.1 Å². The van der Waals surface area contributed by atoms with Gasteiger partial charge in [0.25, 0.3) is 0 Å². The summed E-state index contributed by atoms with van der Waals surface area (Å²) in [6.07, 6.45) is 87.3. The molecule has 0 aliphatic heterocycles. The van der Waals surface area contributed by atoms with E-state index >= 15 is 0 Å². The monoisotopic (exact) mass is 1090 g/mol. The quantitative estimate of drug-likeness (QED) is 0.0261. The third-order valence-corrected chi connectivity index (χ3v) is 14.6. The SMILES string of the molecule is CC/C=C\C/C=C\C/C=C\C/C=C\C/C=C\CCCCCCCC(=O)OCC(COC(=O)CCCCCCCCC/C=C\C/C=C\CCCCCC)OC(=O)CCCCCCCCCCCCCCCCCCCCCCC. The molecular formula is C72H126O6. The number of ether oxygens (including phenoxy) is 3. The van der Waals surface area contributed by atoms with Gasteiger partial charge >= 0.3 is 17.9 Å². The molecule has 0 heterocycles. The van der Waals surface area contributed by atoms with Crippen LogP contribution < -0.4 is 0 Å². The van der Waals surface area contributed by atoms with Crippen LogP contribution in [0, 0.1) is 0 Å². The topological polar surface area (TPSA) is 78.9 Å². The van der Waals surface area contributed by atoms with E-state index in [1.54, 1.807) is 0 Å². The molecule has 78 heavy (non-hydrogen) atoms. The molecule has 0 amide bonds. The highest BCUT2D eigenvalue weighted by Crippen LogP contribution is 2.17. The lowest BCUT2D eigenvalue weighted by Crippen LogP contribution is -2.30. The summed E-state index contributed by atoms with van der Waals surface area (Å²) in [4.78, 5) is 38.4. The van der Waals surface area contributed by atoms with Gasteiger partial charge in [-0.05, 0) is 96.3 Å². The zero-order valence-electron chi connectivity index (χ0n) is 51.7. The standard InChI is InChI=1S/C72H126O6/c1-4-7-10-13-16-19-22-25-28-31-34-36-38-41-44-47-50-53-56-59-62-65-71(74)77-68-69(67-76-70(73)64-61-58-55-52-49-46-43-40-33-30-27-24-21-18-15-12-9-6-3)78-72(75)66-63-60-57-54-51-48-45-42-39-37-35-32-29-26-23-20-17-14-11-8-5-2/h7,10,16,19,21,24-25,28,30,33-34,36,41,44,69H,4-6,8-9,11-15,17-18,20,22-23,26-27,29,31-32,35,37-40,42-43,45-68H2,1-3H3/b10-7-,19-16-,24-21-,28-25-,33-30-,36-34-,44-41-. The van der Waals surface area contributed by atoms with E-state index in [-0.39, 0.29) is 31.1 Å². The number of hydrogen-bond donors (Lipinski definition) is 0. The highest BCUT2D eigenvalue weighted by Gasteiger charge is 2.19. The van der Waals surface area contributed by atoms with Gasteiger partial charge in [-0.15, -0.1) is 0 Å². The molecule has 0 aliphatic rings. The summed E-state index contributed by atoms with van der Waals surface area (Å²) in [5, 5.41) is 0. The summed E-state index contributed by atoms with van der Waals surface area (Å²) in [6, 6.07) is 0. The number of carbonyl (C=O) groups excluding carboxylic acids is 3. The average molecular weight is 1090 g/mol. The molecule has 0 N–H and O–H groups in total. The van der Waals surface area contributed by atoms with E-state index in [9.17, 15) is 14.4 Å². The number of hydrogen-bond acceptors (Lipinski definition) is 6. The van der Waals surface area contributed by atoms with Crippen molar-refractivity contribution >= 4 is 17.9 Å². The van der Waals surface area contributed by atoms with Gasteiger partial charge in [0.05, 0.1) is 0 Å². The minimum atomic E-state index is -0.789. The molecule has 0 saturated carbocycles. The third-order valence-electron chi connectivity index (χ3n) is 14.6. The Morgan fingerprint density at radius 1 is 0.269 bits per heavy atom. The van der Waals surface area contributed by atoms with Gasteiger partial charge in [-0.25, -0.2) is 0 Å². The third kappa shape index (κ3) is 63.4. The molecule has 0 aromatic carbocycles. The lowest BCUT2D eigenvalue weighted by molar-refractivity contribution is -0.167. The van der Waals surface area contributed by atoms with Crippen molar-refractivity contribution in [2.24, 2.45) is 0 Å². The maximum absolute atomic E-state index is 12.9. The molecule has 0 saturated heterocycles. The minimum absolute atomic E-state index is 0.0845. The highest BCUT2D eigenvalue weighted by molar-refractivity contribution is 5.71. The second-order valence-electron chi connectivity index (χ2n) is 22.4. The van der Waals surface area contributed by atoms with Crippen molar-refractivity contribution in [1.29, 1.82) is 0 Å². The fraction of sp³-hybridized carbons (Fsp3) is 0.764. The van der Waals surface area contributed by atoms with Gasteiger partial charge in [-0.3, -0.25) is 14.4 Å². The molecule has 0 aromatic heterocycles. The molecule has 6 heteroatoms. The van der Waals surface area contributed by atoms with E-state index in [0.29, 0.717) is 19.3 Å². The zero-order chi connectivity index (χ0) is 56.4. The van der Waals surface area contributed by atoms with Crippen LogP contribution in [-0.2, 0) is 28.6 Å². The second-order valence-corrected chi connectivity index (χ2v) is 22.4. The van der Waals surface area contributed by atoms with E-state index < -0.39 is 6.10 Å². The zero-order valence-corrected chi connectivity index (χ0v) is 51.7. The number of esters is 3. The molecule has 450 valence electrons. The smallest absolute Gasteiger partial charge is 0.306 e. The van der Waals surface area contributed by atoms with Crippen molar-refractivity contribution in [2.75, 3.05) is 13.2 Å². The first-order chi connectivity index (χ1) is 38.5. The molecule has 0 radical (unpaired) electrons. The maximum atomic E-state index is 12.9. The van der Waals surface area contributed by atoms with Gasteiger partial charge in [0.15, 0.2) is 6.10 Å². The van der Waals surface area contributed by atoms with Gasteiger partial charge in [0, 0.05) is 19.3 Å². The van der Waals surface area contributed by atoms with Crippen LogP contribution >= 0.6 is 0 Å². The van der Waals surface area contributed by atoms with Crippen molar-refractivity contribution in [3.05, 3.63) is 85.1 Å². The van der Waals surface area contributed by atoms with Crippen LogP contribution in [0.4, 0.5) is 0 Å². The van der Waals surface area contributed by atoms with Crippen LogP contribution in [0.1, 0.15) is 335 Å². The second kappa shape index (κ2) is 66.1. The Morgan fingerprint density at radius 2 is 0.500 bits per heavy atom. The average Bonchev–Trinajstić information content (AvgIpc) is 3.44. The largest absolute Gasteiger partial charge is 0.462 e. The van der Waals surface area contributed by atoms with E-state index in [0.717, 1.165) is 122 Å². The van der Waals surface area contributed by atoms with E-state index in [2.05, 4.69) is 106 Å². The van der Waals surface area contributed by atoms with Gasteiger partial charge in [0.1, 0.15) is 13.2 Å². The molecule has 0 rings (SSSR count). The number of allylic oxidation sites excluding steroid dienone is 14. The first kappa shape index (κ1) is 74.6. The molecule has 0 aromatic rings. The summed E-state index contributed by atoms with van der Waals surface area (Å²) in [5.74, 6) is -0.893. The lowest BCUT2D eigenvalue weighted by Gasteiger charge is -2.18. The van der Waals surface area contributed by atoms with Gasteiger partial charge in [-0.2, -0.15) is 0 Å². The van der Waals surface area contributed by atoms with Crippen molar-refractivity contribution in [3.63, 3.8) is 0 Å². The summed E-state index contributed by atoms with van der Waals surface area (Å²) in [7, 11) is 0. The molecule has 1 atom stereocenters. The molecule has 0 bridgehead atoms. The van der Waals surface area contributed by atoms with E-state index in [1.165, 1.54) is 173 Å². The molecule has 1 unspecified atom stereocenters. The van der Waals surface area contributed by atoms with Crippen LogP contribution in [0.5, 0.6) is 0 Å². The summed E-state index contributed by atoms with van der Waals surface area (Å²) in [6.45, 7) is 6.54. The molecule has 0 spiro atoms. The molecular weight excluding hydrogens is 961 g/mol. The van der Waals surface area contributed by atoms with Gasteiger partial charge < -0.3 is 14.2 Å². The van der Waals surface area contributed by atoms with Crippen molar-refractivity contribution in [2.45, 2.75) is 341 Å². The Balaban J connectivity index is 4.40. The normalized spacial score (nSPS) is 12.6. The van der Waals surface area contributed by atoms with Crippen molar-refractivity contribution in [3.8, 4) is 0 Å². The molecule has 0 fully saturated rings. The van der Waals surface area contributed by atoms with E-state index in [4.69, 9.17) is 14.2 Å². The van der Waals surface area contributed by atoms with Crippen LogP contribution in [0.3, 0.4) is 0 Å². The van der Waals surface area contributed by atoms with Crippen LogP contribution in [0.2, 0.25) is 0 Å². The Morgan fingerprint density at radius 3 is 0.795 bits per heavy atom. The Bertz CT molecular complexity index is 1480. The Kier molecular flexibility index (Phi) is 63.2. The maximum Gasteiger partial charge on any atom is 0.306 e. The Hall–Kier alpha value is -3.41. The lowest BCUT2D eigenvalue weighted by atomic mass is 10.0. The summed E-state index contributed by atoms with van der Waals surface area (Å²) < 4.78 is 17.0. The Labute approximate surface area is 484 Å². The fourth-order valence-corrected chi connectivity index (χ4v) is 9.62. The summed E-state index contributed by atoms with van der Waals surface area (Å²) >= 11 is 0. The number of rotatable bonds is 61. The van der Waals surface area contributed by atoms with Gasteiger partial charge in [-0.1, -0.05) is 305 Å². The van der Waals surface area contributed by atoms with Crippen LogP contribution in [0.25, 0.3) is 0 Å². The molecule has 0 aliphatic carbocycles. The first-order valence-corrected chi connectivity index (χ1v) is 33.6. The predicted octanol–water partition coefficient (Wildman–Crippen LogP) is 23.1. The number of carbonyl (C=O) groups is 3. The fourth-order valence-electron chi connectivity index (χ4n) is 9.62. The first-order valence-electron chi connectivity index (χ1n) is 33.6. The summed E-state index contributed by atoms with van der Waals surface area (Å²) in [5.41, 5.74) is 0. The van der Waals surface area contributed by atoms with Gasteiger partial charge in [0.2, 0.25) is 0 Å². The van der Waals surface area contributed by atoms with Crippen molar-refractivity contribution < 1.29 is 28.6 Å². The van der Waals surface area contributed by atoms with Crippen molar-refractivity contribution in [1.82, 2.24) is 0 Å². The highest BCUT2D eigenvalue weighted by atomic mass is 16.6. The molecule has 6 nitrogen and oxygen atoms in total. The number of unbranched alkanes of at least 4 members (excludes halogenated alkanes) is 36.